The van der Waals surface area contributed by atoms with Gasteiger partial charge in [0.25, 0.3) is 0 Å². The standard InChI is InChI=1S/C27H30ClN4O9P/c1-17(24(34)37-15-18-5-3-2-4-6-18)31-42(36,41-20-9-7-19(28)8-10-20)39-16-21-23(33)27(12-14-38-27)25(40-21)32-13-11-22(29)30-26(32)35/h2-11,13,17,21,23,25,33H,12,14-16H2,1H3,(H,31,36)(H2,29,30,35)/t17-,21+,23+,25+,27+,42?/m0/s1. The molecule has 5 rings (SSSR count). The van der Waals surface area contributed by atoms with E-state index < -0.39 is 56.1 Å². The molecule has 15 heteroatoms. The lowest BCUT2D eigenvalue weighted by Crippen LogP contribution is -2.57. The van der Waals surface area contributed by atoms with E-state index in [1.54, 1.807) is 12.1 Å². The van der Waals surface area contributed by atoms with Gasteiger partial charge in [-0.1, -0.05) is 41.9 Å². The van der Waals surface area contributed by atoms with E-state index in [4.69, 9.17) is 40.6 Å². The van der Waals surface area contributed by atoms with E-state index in [9.17, 15) is 19.3 Å². The summed E-state index contributed by atoms with van der Waals surface area (Å²) >= 11 is 5.96. The van der Waals surface area contributed by atoms with Crippen LogP contribution in [0.5, 0.6) is 5.75 Å². The summed E-state index contributed by atoms with van der Waals surface area (Å²) < 4.78 is 43.6. The Morgan fingerprint density at radius 1 is 1.26 bits per heavy atom. The third kappa shape index (κ3) is 6.52. The molecular weight excluding hydrogens is 591 g/mol. The topological polar surface area (TPSA) is 173 Å². The summed E-state index contributed by atoms with van der Waals surface area (Å²) in [7, 11) is -4.30. The summed E-state index contributed by atoms with van der Waals surface area (Å²) in [5, 5.41) is 14.2. The molecule has 1 unspecified atom stereocenters. The Morgan fingerprint density at radius 3 is 2.62 bits per heavy atom. The van der Waals surface area contributed by atoms with Gasteiger partial charge in [-0.3, -0.25) is 13.9 Å². The van der Waals surface area contributed by atoms with Crippen molar-refractivity contribution in [2.45, 2.75) is 50.0 Å². The number of hydrogen-bond donors (Lipinski definition) is 3. The number of esters is 1. The van der Waals surface area contributed by atoms with Gasteiger partial charge >= 0.3 is 19.4 Å². The monoisotopic (exact) mass is 620 g/mol. The maximum absolute atomic E-state index is 14.0. The van der Waals surface area contributed by atoms with E-state index in [0.29, 0.717) is 18.1 Å². The number of rotatable bonds is 11. The van der Waals surface area contributed by atoms with Crippen molar-refractivity contribution in [3.05, 3.63) is 87.9 Å². The lowest BCUT2D eigenvalue weighted by Gasteiger charge is -2.44. The smallest absolute Gasteiger partial charge is 0.459 e. The van der Waals surface area contributed by atoms with Crippen molar-refractivity contribution >= 4 is 31.1 Å². The molecule has 0 bridgehead atoms. The number of anilines is 1. The molecule has 2 aliphatic rings. The van der Waals surface area contributed by atoms with Crippen molar-refractivity contribution in [1.29, 1.82) is 0 Å². The summed E-state index contributed by atoms with van der Waals surface area (Å²) in [6.45, 7) is 1.34. The van der Waals surface area contributed by atoms with E-state index >= 15 is 0 Å². The van der Waals surface area contributed by atoms with E-state index in [-0.39, 0.29) is 18.2 Å². The third-order valence-electron chi connectivity index (χ3n) is 6.92. The van der Waals surface area contributed by atoms with Gasteiger partial charge in [-0.05, 0) is 42.8 Å². The zero-order valence-corrected chi connectivity index (χ0v) is 24.1. The van der Waals surface area contributed by atoms with Gasteiger partial charge in [0, 0.05) is 17.6 Å². The first-order chi connectivity index (χ1) is 20.1. The fourth-order valence-corrected chi connectivity index (χ4v) is 6.28. The predicted molar refractivity (Wildman–Crippen MR) is 151 cm³/mol. The predicted octanol–water partition coefficient (Wildman–Crippen LogP) is 2.82. The van der Waals surface area contributed by atoms with Crippen molar-refractivity contribution < 1.29 is 37.7 Å². The Bertz CT molecular complexity index is 1500. The quantitative estimate of drug-likeness (QED) is 0.212. The van der Waals surface area contributed by atoms with Gasteiger partial charge in [0.2, 0.25) is 0 Å². The summed E-state index contributed by atoms with van der Waals surface area (Å²) in [5.74, 6) is -0.526. The van der Waals surface area contributed by atoms with Gasteiger partial charge in [-0.25, -0.2) is 9.36 Å². The average Bonchev–Trinajstić information content (AvgIpc) is 3.24. The SMILES string of the molecule is C[C@H](NP(=O)(OC[C@H]1O[C@@H](n2ccc(N)nc2=O)[C@@]2(CCO2)[C@@H]1O)Oc1ccc(Cl)cc1)C(=O)OCc1ccccc1. The van der Waals surface area contributed by atoms with Crippen LogP contribution in [0.1, 0.15) is 25.1 Å². The van der Waals surface area contributed by atoms with Crippen LogP contribution in [-0.4, -0.2) is 57.7 Å². The number of benzene rings is 2. The van der Waals surface area contributed by atoms with Crippen molar-refractivity contribution in [2.75, 3.05) is 18.9 Å². The van der Waals surface area contributed by atoms with Crippen LogP contribution in [0.4, 0.5) is 5.82 Å². The molecule has 0 radical (unpaired) electrons. The number of nitrogens with two attached hydrogens (primary N) is 1. The summed E-state index contributed by atoms with van der Waals surface area (Å²) in [5.41, 5.74) is 4.45. The lowest BCUT2D eigenvalue weighted by atomic mass is 9.86. The second kappa shape index (κ2) is 12.5. The van der Waals surface area contributed by atoms with Crippen LogP contribution in [0.15, 0.2) is 71.7 Å². The second-order valence-electron chi connectivity index (χ2n) is 9.85. The van der Waals surface area contributed by atoms with Crippen molar-refractivity contribution in [3.8, 4) is 5.75 Å². The first-order valence-corrected chi connectivity index (χ1v) is 15.0. The fourth-order valence-electron chi connectivity index (χ4n) is 4.66. The first-order valence-electron chi connectivity index (χ1n) is 13.1. The fraction of sp³-hybridized carbons (Fsp3) is 0.370. The average molecular weight is 621 g/mol. The number of hydrogen-bond acceptors (Lipinski definition) is 11. The molecule has 1 spiro atoms. The van der Waals surface area contributed by atoms with Crippen LogP contribution in [-0.2, 0) is 34.7 Å². The molecule has 0 amide bonds. The maximum atomic E-state index is 14.0. The van der Waals surface area contributed by atoms with Crippen LogP contribution in [0.2, 0.25) is 5.02 Å². The minimum absolute atomic E-state index is 0.0137. The summed E-state index contributed by atoms with van der Waals surface area (Å²) in [6.07, 6.45) is -1.63. The molecule has 13 nitrogen and oxygen atoms in total. The number of nitrogens with one attached hydrogen (secondary N) is 1. The molecule has 0 aliphatic carbocycles. The molecule has 2 aromatic carbocycles. The molecular formula is C27H30ClN4O9P. The molecule has 3 aromatic rings. The molecule has 2 saturated heterocycles. The van der Waals surface area contributed by atoms with Crippen molar-refractivity contribution in [3.63, 3.8) is 0 Å². The molecule has 6 atom stereocenters. The number of halogens is 1. The number of carbonyl (C=O) groups is 1. The van der Waals surface area contributed by atoms with E-state index in [1.807, 2.05) is 18.2 Å². The van der Waals surface area contributed by atoms with Gasteiger partial charge in [-0.2, -0.15) is 10.1 Å². The first kappa shape index (κ1) is 30.2. The largest absolute Gasteiger partial charge is 0.460 e. The number of ether oxygens (including phenoxy) is 3. The highest BCUT2D eigenvalue weighted by molar-refractivity contribution is 7.52. The van der Waals surface area contributed by atoms with Gasteiger partial charge in [0.1, 0.15) is 42.0 Å². The van der Waals surface area contributed by atoms with E-state index in [1.165, 1.54) is 48.0 Å². The van der Waals surface area contributed by atoms with Crippen LogP contribution in [0, 0.1) is 0 Å². The van der Waals surface area contributed by atoms with Gasteiger partial charge in [0.15, 0.2) is 6.23 Å². The second-order valence-corrected chi connectivity index (χ2v) is 12.0. The Hall–Kier alpha value is -3.29. The Kier molecular flexibility index (Phi) is 9.00. The Balaban J connectivity index is 1.31. The highest BCUT2D eigenvalue weighted by atomic mass is 35.5. The summed E-state index contributed by atoms with van der Waals surface area (Å²) in [6, 6.07) is 15.4. The number of nitrogens with zero attached hydrogens (tertiary/aromatic N) is 2. The number of aromatic nitrogens is 2. The third-order valence-corrected chi connectivity index (χ3v) is 8.82. The van der Waals surface area contributed by atoms with Crippen LogP contribution in [0.25, 0.3) is 0 Å². The molecule has 3 heterocycles. The van der Waals surface area contributed by atoms with E-state index in [0.717, 1.165) is 5.56 Å². The Morgan fingerprint density at radius 2 is 1.98 bits per heavy atom. The van der Waals surface area contributed by atoms with Crippen molar-refractivity contribution in [2.24, 2.45) is 0 Å². The normalized spacial score (nSPS) is 25.4. The maximum Gasteiger partial charge on any atom is 0.459 e. The highest BCUT2D eigenvalue weighted by Gasteiger charge is 2.62. The molecule has 2 aliphatic heterocycles. The number of aliphatic hydroxyl groups excluding tert-OH is 1. The van der Waals surface area contributed by atoms with Crippen LogP contribution < -0.4 is 21.0 Å². The minimum atomic E-state index is -4.30. The highest BCUT2D eigenvalue weighted by Crippen LogP contribution is 2.50. The number of aliphatic hydroxyl groups is 1. The molecule has 2 fully saturated rings. The molecule has 0 saturated carbocycles. The minimum Gasteiger partial charge on any atom is -0.460 e. The van der Waals surface area contributed by atoms with Gasteiger partial charge in [0.05, 0.1) is 13.2 Å². The lowest BCUT2D eigenvalue weighted by molar-refractivity contribution is -0.227. The number of nitrogen functional groups attached to an aromatic ring is 1. The molecule has 224 valence electrons. The van der Waals surface area contributed by atoms with E-state index in [2.05, 4.69) is 10.1 Å². The molecule has 4 N–H and O–H groups in total. The van der Waals surface area contributed by atoms with Gasteiger partial charge in [-0.15, -0.1) is 0 Å². The Labute approximate surface area is 246 Å². The van der Waals surface area contributed by atoms with Crippen molar-refractivity contribution in [1.82, 2.24) is 14.6 Å². The van der Waals surface area contributed by atoms with Crippen LogP contribution in [0.3, 0.4) is 0 Å². The zero-order valence-electron chi connectivity index (χ0n) is 22.5. The van der Waals surface area contributed by atoms with Gasteiger partial charge < -0.3 is 29.6 Å². The van der Waals surface area contributed by atoms with Crippen LogP contribution >= 0.6 is 19.3 Å². The summed E-state index contributed by atoms with van der Waals surface area (Å²) in [4.78, 5) is 29.0. The zero-order chi connectivity index (χ0) is 29.9. The molecule has 42 heavy (non-hydrogen) atoms. The molecule has 1 aromatic heterocycles. The number of carbonyl (C=O) groups excluding carboxylic acids is 1.